The molecule has 1 aromatic carbocycles. The highest BCUT2D eigenvalue weighted by Gasteiger charge is 2.14. The van der Waals surface area contributed by atoms with Crippen LogP contribution in [0.4, 0.5) is 0 Å². The van der Waals surface area contributed by atoms with Gasteiger partial charge in [0.05, 0.1) is 6.61 Å². The molecule has 96 valence electrons. The summed E-state index contributed by atoms with van der Waals surface area (Å²) in [6.07, 6.45) is 0.108. The van der Waals surface area contributed by atoms with E-state index in [-0.39, 0.29) is 6.10 Å². The van der Waals surface area contributed by atoms with E-state index in [0.29, 0.717) is 12.6 Å². The molecule has 0 aliphatic heterocycles. The number of hydrogen-bond acceptors (Lipinski definition) is 3. The summed E-state index contributed by atoms with van der Waals surface area (Å²) in [7, 11) is 0. The zero-order chi connectivity index (χ0) is 12.7. The lowest BCUT2D eigenvalue weighted by Crippen LogP contribution is -2.38. The molecule has 0 aliphatic rings. The number of nitrogens with one attached hydrogen (secondary N) is 1. The minimum absolute atomic E-state index is 0.108. The Balaban J connectivity index is 2.66. The first-order chi connectivity index (χ1) is 8.19. The maximum Gasteiger partial charge on any atom is 0.161 e. The van der Waals surface area contributed by atoms with Crippen molar-refractivity contribution in [2.24, 2.45) is 0 Å². The van der Waals surface area contributed by atoms with E-state index >= 15 is 0 Å². The molecule has 17 heavy (non-hydrogen) atoms. The SMILES string of the molecule is CCNC(C)C(C)Oc1ccccc1OCC. The second-order valence-corrected chi connectivity index (χ2v) is 4.05. The molecular formula is C14H23NO2. The first kappa shape index (κ1) is 13.8. The third-order valence-electron chi connectivity index (χ3n) is 2.69. The molecule has 0 spiro atoms. The summed E-state index contributed by atoms with van der Waals surface area (Å²) in [4.78, 5) is 0. The number of benzene rings is 1. The van der Waals surface area contributed by atoms with Crippen molar-refractivity contribution in [3.05, 3.63) is 24.3 Å². The lowest BCUT2D eigenvalue weighted by molar-refractivity contribution is 0.170. The highest BCUT2D eigenvalue weighted by molar-refractivity contribution is 5.39. The van der Waals surface area contributed by atoms with Crippen LogP contribution in [-0.2, 0) is 0 Å². The molecular weight excluding hydrogens is 214 g/mol. The molecule has 0 aromatic heterocycles. The Hall–Kier alpha value is -1.22. The monoisotopic (exact) mass is 237 g/mol. The lowest BCUT2D eigenvalue weighted by Gasteiger charge is -2.23. The summed E-state index contributed by atoms with van der Waals surface area (Å²) in [6, 6.07) is 8.11. The van der Waals surface area contributed by atoms with Gasteiger partial charge < -0.3 is 14.8 Å². The summed E-state index contributed by atoms with van der Waals surface area (Å²) in [5, 5.41) is 3.35. The van der Waals surface area contributed by atoms with Gasteiger partial charge in [-0.2, -0.15) is 0 Å². The number of likely N-dealkylation sites (N-methyl/N-ethyl adjacent to an activating group) is 1. The molecule has 0 fully saturated rings. The summed E-state index contributed by atoms with van der Waals surface area (Å²) < 4.78 is 11.5. The van der Waals surface area contributed by atoms with Crippen molar-refractivity contribution in [2.75, 3.05) is 13.2 Å². The van der Waals surface area contributed by atoms with Crippen LogP contribution in [0.15, 0.2) is 24.3 Å². The topological polar surface area (TPSA) is 30.5 Å². The van der Waals surface area contributed by atoms with E-state index in [4.69, 9.17) is 9.47 Å². The van der Waals surface area contributed by atoms with E-state index in [2.05, 4.69) is 26.1 Å². The second kappa shape index (κ2) is 7.17. The zero-order valence-electron chi connectivity index (χ0n) is 11.2. The van der Waals surface area contributed by atoms with E-state index in [9.17, 15) is 0 Å². The average Bonchev–Trinajstić information content (AvgIpc) is 2.32. The summed E-state index contributed by atoms with van der Waals surface area (Å²) in [6.45, 7) is 9.85. The number of para-hydroxylation sites is 2. The van der Waals surface area contributed by atoms with E-state index < -0.39 is 0 Å². The lowest BCUT2D eigenvalue weighted by atomic mass is 10.2. The van der Waals surface area contributed by atoms with E-state index in [1.165, 1.54) is 0 Å². The van der Waals surface area contributed by atoms with Gasteiger partial charge in [0.1, 0.15) is 6.10 Å². The molecule has 0 heterocycles. The van der Waals surface area contributed by atoms with Gasteiger partial charge in [-0.1, -0.05) is 19.1 Å². The van der Waals surface area contributed by atoms with Crippen LogP contribution in [0.3, 0.4) is 0 Å². The van der Waals surface area contributed by atoms with Crippen molar-refractivity contribution in [3.63, 3.8) is 0 Å². The quantitative estimate of drug-likeness (QED) is 0.791. The van der Waals surface area contributed by atoms with Gasteiger partial charge in [0.2, 0.25) is 0 Å². The first-order valence-corrected chi connectivity index (χ1v) is 6.30. The van der Waals surface area contributed by atoms with Crippen molar-refractivity contribution in [1.29, 1.82) is 0 Å². The fraction of sp³-hybridized carbons (Fsp3) is 0.571. The molecule has 3 heteroatoms. The molecule has 0 saturated carbocycles. The molecule has 0 saturated heterocycles. The second-order valence-electron chi connectivity index (χ2n) is 4.05. The van der Waals surface area contributed by atoms with Crippen molar-refractivity contribution >= 4 is 0 Å². The minimum Gasteiger partial charge on any atom is -0.490 e. The Labute approximate surface area is 104 Å². The van der Waals surface area contributed by atoms with Crippen LogP contribution in [0.5, 0.6) is 11.5 Å². The fourth-order valence-corrected chi connectivity index (χ4v) is 1.61. The predicted octanol–water partition coefficient (Wildman–Crippen LogP) is 2.85. The Bertz CT molecular complexity index is 328. The molecule has 1 aromatic rings. The normalized spacial score (nSPS) is 14.1. The van der Waals surface area contributed by atoms with Gasteiger partial charge in [0.15, 0.2) is 11.5 Å². The highest BCUT2D eigenvalue weighted by Crippen LogP contribution is 2.27. The van der Waals surface area contributed by atoms with Crippen LogP contribution < -0.4 is 14.8 Å². The minimum atomic E-state index is 0.108. The number of ether oxygens (including phenoxy) is 2. The third-order valence-corrected chi connectivity index (χ3v) is 2.69. The van der Waals surface area contributed by atoms with Crippen LogP contribution in [0.25, 0.3) is 0 Å². The summed E-state index contributed by atoms with van der Waals surface area (Å²) in [5.41, 5.74) is 0. The molecule has 1 rings (SSSR count). The van der Waals surface area contributed by atoms with Crippen LogP contribution in [-0.4, -0.2) is 25.3 Å². The van der Waals surface area contributed by atoms with Crippen LogP contribution in [0.1, 0.15) is 27.7 Å². The van der Waals surface area contributed by atoms with Gasteiger partial charge in [0.25, 0.3) is 0 Å². The van der Waals surface area contributed by atoms with Crippen molar-refractivity contribution in [1.82, 2.24) is 5.32 Å². The van der Waals surface area contributed by atoms with Crippen molar-refractivity contribution in [3.8, 4) is 11.5 Å². The number of hydrogen-bond donors (Lipinski definition) is 1. The highest BCUT2D eigenvalue weighted by atomic mass is 16.5. The molecule has 3 nitrogen and oxygen atoms in total. The predicted molar refractivity (Wildman–Crippen MR) is 70.8 cm³/mol. The van der Waals surface area contributed by atoms with Crippen LogP contribution >= 0.6 is 0 Å². The maximum atomic E-state index is 5.92. The molecule has 0 aliphatic carbocycles. The molecule has 1 N–H and O–H groups in total. The van der Waals surface area contributed by atoms with Gasteiger partial charge in [-0.3, -0.25) is 0 Å². The average molecular weight is 237 g/mol. The van der Waals surface area contributed by atoms with Gasteiger partial charge in [-0.15, -0.1) is 0 Å². The largest absolute Gasteiger partial charge is 0.490 e. The summed E-state index contributed by atoms with van der Waals surface area (Å²) >= 11 is 0. The molecule has 0 bridgehead atoms. The first-order valence-electron chi connectivity index (χ1n) is 6.30. The zero-order valence-corrected chi connectivity index (χ0v) is 11.2. The van der Waals surface area contributed by atoms with E-state index in [0.717, 1.165) is 18.0 Å². The Morgan fingerprint density at radius 1 is 1.12 bits per heavy atom. The van der Waals surface area contributed by atoms with Crippen LogP contribution in [0.2, 0.25) is 0 Å². The number of rotatable bonds is 7. The van der Waals surface area contributed by atoms with Gasteiger partial charge in [-0.25, -0.2) is 0 Å². The van der Waals surface area contributed by atoms with Gasteiger partial charge in [0, 0.05) is 6.04 Å². The Morgan fingerprint density at radius 3 is 2.35 bits per heavy atom. The van der Waals surface area contributed by atoms with Gasteiger partial charge >= 0.3 is 0 Å². The Kier molecular flexibility index (Phi) is 5.84. The molecule has 2 atom stereocenters. The van der Waals surface area contributed by atoms with Crippen molar-refractivity contribution < 1.29 is 9.47 Å². The standard InChI is InChI=1S/C14H23NO2/c1-5-15-11(3)12(4)17-14-10-8-7-9-13(14)16-6-2/h7-12,15H,5-6H2,1-4H3. The maximum absolute atomic E-state index is 5.92. The molecule has 2 unspecified atom stereocenters. The van der Waals surface area contributed by atoms with E-state index in [1.807, 2.05) is 31.2 Å². The Morgan fingerprint density at radius 2 is 1.76 bits per heavy atom. The molecule has 0 amide bonds. The summed E-state index contributed by atoms with van der Waals surface area (Å²) in [5.74, 6) is 1.62. The van der Waals surface area contributed by atoms with E-state index in [1.54, 1.807) is 0 Å². The van der Waals surface area contributed by atoms with Gasteiger partial charge in [-0.05, 0) is 39.4 Å². The molecule has 0 radical (unpaired) electrons. The third kappa shape index (κ3) is 4.27. The fourth-order valence-electron chi connectivity index (χ4n) is 1.61. The van der Waals surface area contributed by atoms with Crippen LogP contribution in [0, 0.1) is 0 Å². The smallest absolute Gasteiger partial charge is 0.161 e. The van der Waals surface area contributed by atoms with Crippen molar-refractivity contribution in [2.45, 2.75) is 39.8 Å².